The van der Waals surface area contributed by atoms with E-state index in [4.69, 9.17) is 0 Å². The van der Waals surface area contributed by atoms with Crippen LogP contribution in [0, 0.1) is 6.92 Å². The van der Waals surface area contributed by atoms with Gasteiger partial charge in [0.25, 0.3) is 11.3 Å². The number of aromatic amines is 1. The van der Waals surface area contributed by atoms with Gasteiger partial charge in [0.15, 0.2) is 5.69 Å². The van der Waals surface area contributed by atoms with Crippen LogP contribution in [0.5, 0.6) is 0 Å². The maximum atomic E-state index is 12.3. The Hall–Kier alpha value is -2.68. The third-order valence-electron chi connectivity index (χ3n) is 4.63. The van der Waals surface area contributed by atoms with Gasteiger partial charge in [-0.1, -0.05) is 54.4 Å². The Kier molecular flexibility index (Phi) is 4.93. The zero-order chi connectivity index (χ0) is 18.8. The number of nitrogens with zero attached hydrogens (tertiary/aromatic N) is 4. The molecular weight excluding hydrogens is 364 g/mol. The van der Waals surface area contributed by atoms with E-state index in [0.29, 0.717) is 16.4 Å². The van der Waals surface area contributed by atoms with Crippen molar-refractivity contribution in [2.45, 2.75) is 43.8 Å². The lowest BCUT2D eigenvalue weighted by Crippen LogP contribution is -2.33. The van der Waals surface area contributed by atoms with Gasteiger partial charge in [-0.3, -0.25) is 14.6 Å². The fourth-order valence-corrected chi connectivity index (χ4v) is 3.89. The minimum atomic E-state index is -0.325. The maximum Gasteiger partial charge on any atom is 0.279 e. The first-order valence-electron chi connectivity index (χ1n) is 8.95. The van der Waals surface area contributed by atoms with Crippen LogP contribution in [-0.2, 0) is 4.79 Å². The minimum absolute atomic E-state index is 0.0215. The molecule has 3 aromatic rings. The van der Waals surface area contributed by atoms with Crippen LogP contribution in [-0.4, -0.2) is 42.5 Å². The van der Waals surface area contributed by atoms with Crippen molar-refractivity contribution in [3.05, 3.63) is 40.2 Å². The molecule has 1 aliphatic carbocycles. The molecule has 0 radical (unpaired) electrons. The number of H-pyrrole nitrogens is 1. The molecule has 4 rings (SSSR count). The second-order valence-electron chi connectivity index (χ2n) is 6.72. The fraction of sp³-hybridized carbons (Fsp3) is 0.389. The maximum absolute atomic E-state index is 12.3. The summed E-state index contributed by atoms with van der Waals surface area (Å²) in [5, 5.41) is 15.9. The highest BCUT2D eigenvalue weighted by Crippen LogP contribution is 2.20. The summed E-state index contributed by atoms with van der Waals surface area (Å²) in [4.78, 5) is 27.1. The van der Waals surface area contributed by atoms with Crippen molar-refractivity contribution in [3.8, 4) is 11.3 Å². The van der Waals surface area contributed by atoms with Crippen LogP contribution in [0.25, 0.3) is 17.0 Å². The van der Waals surface area contributed by atoms with Crippen molar-refractivity contribution in [2.24, 2.45) is 0 Å². The SMILES string of the molecule is Cc1ccc(-c2nn3c(SCC(=O)NC4CCCC4)nnc3[nH]c2=O)cc1. The summed E-state index contributed by atoms with van der Waals surface area (Å²) < 4.78 is 1.48. The highest BCUT2D eigenvalue weighted by molar-refractivity contribution is 7.99. The number of hydrogen-bond donors (Lipinski definition) is 2. The number of benzene rings is 1. The highest BCUT2D eigenvalue weighted by Gasteiger charge is 2.18. The molecule has 27 heavy (non-hydrogen) atoms. The Morgan fingerprint density at radius 1 is 1.26 bits per heavy atom. The van der Waals surface area contributed by atoms with Crippen LogP contribution < -0.4 is 10.9 Å². The first-order chi connectivity index (χ1) is 13.1. The van der Waals surface area contributed by atoms with E-state index in [0.717, 1.165) is 18.4 Å². The topological polar surface area (TPSA) is 105 Å². The molecule has 1 amide bonds. The van der Waals surface area contributed by atoms with E-state index >= 15 is 0 Å². The molecule has 1 saturated carbocycles. The minimum Gasteiger partial charge on any atom is -0.353 e. The Morgan fingerprint density at radius 2 is 2.00 bits per heavy atom. The molecule has 1 fully saturated rings. The van der Waals surface area contributed by atoms with Crippen molar-refractivity contribution in [1.82, 2.24) is 30.1 Å². The van der Waals surface area contributed by atoms with E-state index in [2.05, 4.69) is 25.6 Å². The molecule has 140 valence electrons. The number of aromatic nitrogens is 5. The van der Waals surface area contributed by atoms with E-state index in [1.165, 1.54) is 29.1 Å². The van der Waals surface area contributed by atoms with Crippen LogP contribution >= 0.6 is 11.8 Å². The smallest absolute Gasteiger partial charge is 0.279 e. The van der Waals surface area contributed by atoms with E-state index in [1.807, 2.05) is 31.2 Å². The van der Waals surface area contributed by atoms with E-state index in [9.17, 15) is 9.59 Å². The van der Waals surface area contributed by atoms with E-state index in [-0.39, 0.29) is 29.0 Å². The summed E-state index contributed by atoms with van der Waals surface area (Å²) in [5.74, 6) is 0.471. The molecule has 0 bridgehead atoms. The molecule has 0 atom stereocenters. The molecule has 9 heteroatoms. The summed E-state index contributed by atoms with van der Waals surface area (Å²) in [7, 11) is 0. The first-order valence-corrected chi connectivity index (χ1v) is 9.93. The van der Waals surface area contributed by atoms with Gasteiger partial charge >= 0.3 is 0 Å². The van der Waals surface area contributed by atoms with Crippen molar-refractivity contribution < 1.29 is 4.79 Å². The molecule has 0 saturated heterocycles. The zero-order valence-corrected chi connectivity index (χ0v) is 15.8. The normalized spacial score (nSPS) is 14.7. The van der Waals surface area contributed by atoms with E-state index in [1.54, 1.807) is 0 Å². The van der Waals surface area contributed by atoms with E-state index < -0.39 is 0 Å². The summed E-state index contributed by atoms with van der Waals surface area (Å²) in [6, 6.07) is 7.84. The second kappa shape index (κ2) is 7.51. The second-order valence-corrected chi connectivity index (χ2v) is 7.67. The average molecular weight is 384 g/mol. The van der Waals surface area contributed by atoms with Gasteiger partial charge in [0.05, 0.1) is 5.75 Å². The third-order valence-corrected chi connectivity index (χ3v) is 5.55. The van der Waals surface area contributed by atoms with Crippen molar-refractivity contribution in [3.63, 3.8) is 0 Å². The molecule has 2 N–H and O–H groups in total. The predicted molar refractivity (Wildman–Crippen MR) is 103 cm³/mol. The van der Waals surface area contributed by atoms with Crippen LogP contribution in [0.4, 0.5) is 0 Å². The number of aryl methyl sites for hydroxylation is 1. The number of amides is 1. The average Bonchev–Trinajstić information content (AvgIpc) is 3.29. The molecule has 1 aliphatic rings. The summed E-state index contributed by atoms with van der Waals surface area (Å²) in [5.41, 5.74) is 1.78. The van der Waals surface area contributed by atoms with Gasteiger partial charge in [0, 0.05) is 11.6 Å². The fourth-order valence-electron chi connectivity index (χ4n) is 3.20. The van der Waals surface area contributed by atoms with Crippen LogP contribution in [0.2, 0.25) is 0 Å². The standard InChI is InChI=1S/C18H20N6O2S/c1-11-6-8-12(9-7-11)15-16(26)20-17-21-22-18(24(17)23-15)27-10-14(25)19-13-4-2-3-5-13/h6-9,13H,2-5,10H2,1H3,(H,19,25)(H,20,21,26). The lowest BCUT2D eigenvalue weighted by molar-refractivity contribution is -0.119. The molecule has 0 unspecified atom stereocenters. The van der Waals surface area contributed by atoms with Gasteiger partial charge in [-0.05, 0) is 19.8 Å². The number of fused-ring (bicyclic) bond motifs is 1. The Labute approximate surface area is 159 Å². The number of carbonyl (C=O) groups is 1. The Bertz CT molecular complexity index is 1020. The van der Waals surface area contributed by atoms with Gasteiger partial charge in [0.1, 0.15) is 0 Å². The number of thioether (sulfide) groups is 1. The summed E-state index contributed by atoms with van der Waals surface area (Å²) in [6.45, 7) is 1.98. The Morgan fingerprint density at radius 3 is 2.74 bits per heavy atom. The molecule has 2 aromatic heterocycles. The third kappa shape index (κ3) is 3.87. The monoisotopic (exact) mass is 384 g/mol. The van der Waals surface area contributed by atoms with Crippen LogP contribution in [0.15, 0.2) is 34.2 Å². The molecule has 2 heterocycles. The van der Waals surface area contributed by atoms with Gasteiger partial charge in [-0.2, -0.15) is 9.61 Å². The van der Waals surface area contributed by atoms with Crippen LogP contribution in [0.1, 0.15) is 31.2 Å². The lowest BCUT2D eigenvalue weighted by atomic mass is 10.1. The first kappa shape index (κ1) is 17.7. The lowest BCUT2D eigenvalue weighted by Gasteiger charge is -2.10. The highest BCUT2D eigenvalue weighted by atomic mass is 32.2. The summed E-state index contributed by atoms with van der Waals surface area (Å²) in [6.07, 6.45) is 4.44. The molecule has 8 nitrogen and oxygen atoms in total. The molecular formula is C18H20N6O2S. The summed E-state index contributed by atoms with van der Waals surface area (Å²) >= 11 is 1.25. The van der Waals surface area contributed by atoms with Crippen molar-refractivity contribution >= 4 is 23.4 Å². The van der Waals surface area contributed by atoms with Gasteiger partial charge in [-0.25, -0.2) is 0 Å². The van der Waals surface area contributed by atoms with Crippen molar-refractivity contribution in [1.29, 1.82) is 0 Å². The van der Waals surface area contributed by atoms with Gasteiger partial charge in [0.2, 0.25) is 11.1 Å². The molecule has 0 aliphatic heterocycles. The van der Waals surface area contributed by atoms with Crippen molar-refractivity contribution in [2.75, 3.05) is 5.75 Å². The predicted octanol–water partition coefficient (Wildman–Crippen LogP) is 1.94. The largest absolute Gasteiger partial charge is 0.353 e. The number of hydrogen-bond acceptors (Lipinski definition) is 6. The zero-order valence-electron chi connectivity index (χ0n) is 14.9. The number of rotatable bonds is 5. The molecule has 0 spiro atoms. The Balaban J connectivity index is 1.55. The van der Waals surface area contributed by atoms with Gasteiger partial charge in [-0.15, -0.1) is 10.2 Å². The van der Waals surface area contributed by atoms with Crippen LogP contribution in [0.3, 0.4) is 0 Å². The number of carbonyl (C=O) groups excluding carboxylic acids is 1. The van der Waals surface area contributed by atoms with Gasteiger partial charge < -0.3 is 5.32 Å². The quantitative estimate of drug-likeness (QED) is 0.652. The molecule has 1 aromatic carbocycles. The number of nitrogens with one attached hydrogen (secondary N) is 2.